The van der Waals surface area contributed by atoms with Gasteiger partial charge in [-0.25, -0.2) is 9.37 Å². The average molecular weight is 376 g/mol. The molecular formula is C19H23ClFN5. The van der Waals surface area contributed by atoms with Crippen molar-refractivity contribution in [2.24, 2.45) is 4.99 Å². The number of halogens is 2. The molecular weight excluding hydrogens is 353 g/mol. The fraction of sp³-hybridized carbons (Fsp3) is 0.368. The molecule has 1 aromatic carbocycles. The van der Waals surface area contributed by atoms with E-state index in [1.165, 1.54) is 11.6 Å². The van der Waals surface area contributed by atoms with Gasteiger partial charge in [-0.3, -0.25) is 4.99 Å². The van der Waals surface area contributed by atoms with Crippen LogP contribution in [-0.2, 0) is 6.42 Å². The van der Waals surface area contributed by atoms with E-state index in [1.807, 2.05) is 23.1 Å². The highest BCUT2D eigenvalue weighted by Gasteiger charge is 2.25. The van der Waals surface area contributed by atoms with Gasteiger partial charge in [0, 0.05) is 43.9 Å². The van der Waals surface area contributed by atoms with E-state index in [-0.39, 0.29) is 11.9 Å². The van der Waals surface area contributed by atoms with E-state index >= 15 is 0 Å². The summed E-state index contributed by atoms with van der Waals surface area (Å²) >= 11 is 6.01. The third-order valence-electron chi connectivity index (χ3n) is 4.39. The Balaban J connectivity index is 1.47. The second-order valence-electron chi connectivity index (χ2n) is 6.26. The third kappa shape index (κ3) is 4.85. The summed E-state index contributed by atoms with van der Waals surface area (Å²) in [6.45, 7) is 2.22. The van der Waals surface area contributed by atoms with Crippen molar-refractivity contribution in [3.63, 3.8) is 0 Å². The van der Waals surface area contributed by atoms with Crippen LogP contribution in [0, 0.1) is 5.82 Å². The minimum Gasteiger partial charge on any atom is -0.356 e. The molecule has 1 aliphatic rings. The van der Waals surface area contributed by atoms with E-state index in [9.17, 15) is 4.39 Å². The van der Waals surface area contributed by atoms with Gasteiger partial charge in [0.2, 0.25) is 0 Å². The van der Waals surface area contributed by atoms with Gasteiger partial charge in [-0.1, -0.05) is 23.7 Å². The van der Waals surface area contributed by atoms with Gasteiger partial charge in [0.1, 0.15) is 0 Å². The molecule has 1 aliphatic heterocycles. The predicted molar refractivity (Wildman–Crippen MR) is 104 cm³/mol. The van der Waals surface area contributed by atoms with Gasteiger partial charge in [0.05, 0.1) is 0 Å². The summed E-state index contributed by atoms with van der Waals surface area (Å²) in [6, 6.07) is 11.1. The molecule has 0 amide bonds. The SMILES string of the molecule is CN=C(NCCc1cccc(Cl)c1)NC1CCN(c2ncccc2F)C1. The first-order valence-corrected chi connectivity index (χ1v) is 9.10. The number of anilines is 1. The van der Waals surface area contributed by atoms with Crippen molar-refractivity contribution in [1.29, 1.82) is 0 Å². The van der Waals surface area contributed by atoms with Crippen molar-refractivity contribution in [2.75, 3.05) is 31.6 Å². The average Bonchev–Trinajstić information content (AvgIpc) is 3.09. The third-order valence-corrected chi connectivity index (χ3v) is 4.62. The van der Waals surface area contributed by atoms with Gasteiger partial charge in [-0.2, -0.15) is 0 Å². The van der Waals surface area contributed by atoms with Crippen LogP contribution in [0.4, 0.5) is 10.2 Å². The van der Waals surface area contributed by atoms with E-state index in [2.05, 4.69) is 26.7 Å². The molecule has 1 aromatic heterocycles. The van der Waals surface area contributed by atoms with Crippen molar-refractivity contribution in [2.45, 2.75) is 18.9 Å². The number of nitrogens with one attached hydrogen (secondary N) is 2. The lowest BCUT2D eigenvalue weighted by molar-refractivity contribution is 0.612. The van der Waals surface area contributed by atoms with E-state index in [1.54, 1.807) is 19.3 Å². The van der Waals surface area contributed by atoms with Crippen molar-refractivity contribution in [1.82, 2.24) is 15.6 Å². The lowest BCUT2D eigenvalue weighted by Crippen LogP contribution is -2.45. The number of aliphatic imine (C=N–C) groups is 1. The molecule has 0 saturated carbocycles. The fourth-order valence-electron chi connectivity index (χ4n) is 3.09. The van der Waals surface area contributed by atoms with Gasteiger partial charge in [0.15, 0.2) is 17.6 Å². The minimum absolute atomic E-state index is 0.203. The highest BCUT2D eigenvalue weighted by atomic mass is 35.5. The Kier molecular flexibility index (Phi) is 6.28. The molecule has 0 bridgehead atoms. The zero-order valence-corrected chi connectivity index (χ0v) is 15.5. The van der Waals surface area contributed by atoms with E-state index in [0.717, 1.165) is 36.9 Å². The zero-order valence-electron chi connectivity index (χ0n) is 14.8. The Hall–Kier alpha value is -2.34. The summed E-state index contributed by atoms with van der Waals surface area (Å²) in [5, 5.41) is 7.47. The van der Waals surface area contributed by atoms with Gasteiger partial charge in [0.25, 0.3) is 0 Å². The maximum Gasteiger partial charge on any atom is 0.191 e. The van der Waals surface area contributed by atoms with Crippen LogP contribution in [-0.4, -0.2) is 43.7 Å². The zero-order chi connectivity index (χ0) is 18.4. The minimum atomic E-state index is -0.280. The van der Waals surface area contributed by atoms with Crippen LogP contribution in [0.5, 0.6) is 0 Å². The van der Waals surface area contributed by atoms with Crippen molar-refractivity contribution in [3.8, 4) is 0 Å². The predicted octanol–water partition coefficient (Wildman–Crippen LogP) is 2.86. The number of pyridine rings is 1. The first-order valence-electron chi connectivity index (χ1n) is 8.73. The number of aromatic nitrogens is 1. The summed E-state index contributed by atoms with van der Waals surface area (Å²) in [5.74, 6) is 0.887. The maximum absolute atomic E-state index is 13.9. The number of rotatable bonds is 5. The van der Waals surface area contributed by atoms with E-state index < -0.39 is 0 Å². The highest BCUT2D eigenvalue weighted by Crippen LogP contribution is 2.20. The molecule has 0 spiro atoms. The molecule has 1 fully saturated rings. The van der Waals surface area contributed by atoms with Crippen LogP contribution in [0.1, 0.15) is 12.0 Å². The lowest BCUT2D eigenvalue weighted by atomic mass is 10.1. The smallest absolute Gasteiger partial charge is 0.191 e. The maximum atomic E-state index is 13.9. The van der Waals surface area contributed by atoms with Crippen LogP contribution in [0.25, 0.3) is 0 Å². The largest absolute Gasteiger partial charge is 0.356 e. The van der Waals surface area contributed by atoms with Gasteiger partial charge in [-0.15, -0.1) is 0 Å². The topological polar surface area (TPSA) is 52.6 Å². The van der Waals surface area contributed by atoms with Crippen molar-refractivity contribution < 1.29 is 4.39 Å². The summed E-state index contributed by atoms with van der Waals surface area (Å²) in [5.41, 5.74) is 1.18. The highest BCUT2D eigenvalue weighted by molar-refractivity contribution is 6.30. The molecule has 1 atom stereocenters. The lowest BCUT2D eigenvalue weighted by Gasteiger charge is -2.20. The van der Waals surface area contributed by atoms with Crippen molar-refractivity contribution in [3.05, 3.63) is 59.0 Å². The summed E-state index contributed by atoms with van der Waals surface area (Å²) in [4.78, 5) is 10.4. The number of nitrogens with zero attached hydrogens (tertiary/aromatic N) is 3. The second kappa shape index (κ2) is 8.85. The molecule has 7 heteroatoms. The molecule has 2 heterocycles. The van der Waals surface area contributed by atoms with E-state index in [4.69, 9.17) is 11.6 Å². The van der Waals surface area contributed by atoms with Crippen LogP contribution < -0.4 is 15.5 Å². The molecule has 0 aliphatic carbocycles. The molecule has 1 saturated heterocycles. The quantitative estimate of drug-likeness (QED) is 0.623. The molecule has 1 unspecified atom stereocenters. The Morgan fingerprint density at radius 3 is 3.04 bits per heavy atom. The first kappa shape index (κ1) is 18.5. The molecule has 0 radical (unpaired) electrons. The molecule has 3 rings (SSSR count). The Morgan fingerprint density at radius 1 is 1.38 bits per heavy atom. The van der Waals surface area contributed by atoms with Gasteiger partial charge in [-0.05, 0) is 42.7 Å². The Bertz CT molecular complexity index is 767. The number of guanidine groups is 1. The summed E-state index contributed by atoms with van der Waals surface area (Å²) < 4.78 is 13.9. The number of hydrogen-bond acceptors (Lipinski definition) is 3. The molecule has 138 valence electrons. The monoisotopic (exact) mass is 375 g/mol. The summed E-state index contributed by atoms with van der Waals surface area (Å²) in [6.07, 6.45) is 3.39. The fourth-order valence-corrected chi connectivity index (χ4v) is 3.30. The van der Waals surface area contributed by atoms with Gasteiger partial charge >= 0.3 is 0 Å². The van der Waals surface area contributed by atoms with Crippen LogP contribution >= 0.6 is 11.6 Å². The normalized spacial score (nSPS) is 17.4. The molecule has 2 aromatic rings. The number of hydrogen-bond donors (Lipinski definition) is 2. The standard InChI is InChI=1S/C19H23ClFN5/c1-22-19(24-10-7-14-4-2-5-15(20)12-14)25-16-8-11-26(13-16)18-17(21)6-3-9-23-18/h2-6,9,12,16H,7-8,10-11,13H2,1H3,(H2,22,24,25). The van der Waals surface area contributed by atoms with E-state index in [0.29, 0.717) is 12.4 Å². The molecule has 26 heavy (non-hydrogen) atoms. The molecule has 5 nitrogen and oxygen atoms in total. The number of benzene rings is 1. The Morgan fingerprint density at radius 2 is 2.27 bits per heavy atom. The van der Waals surface area contributed by atoms with Crippen molar-refractivity contribution >= 4 is 23.4 Å². The Labute approximate surface area is 158 Å². The first-order chi connectivity index (χ1) is 12.7. The van der Waals surface area contributed by atoms with Crippen LogP contribution in [0.2, 0.25) is 5.02 Å². The van der Waals surface area contributed by atoms with Crippen LogP contribution in [0.3, 0.4) is 0 Å². The summed E-state index contributed by atoms with van der Waals surface area (Å²) in [7, 11) is 1.75. The van der Waals surface area contributed by atoms with Crippen LogP contribution in [0.15, 0.2) is 47.6 Å². The molecule has 2 N–H and O–H groups in total. The second-order valence-corrected chi connectivity index (χ2v) is 6.70. The van der Waals surface area contributed by atoms with Gasteiger partial charge < -0.3 is 15.5 Å².